The van der Waals surface area contributed by atoms with Gasteiger partial charge in [0.2, 0.25) is 0 Å². The first-order valence-electron chi connectivity index (χ1n) is 19.8. The van der Waals surface area contributed by atoms with Crippen LogP contribution in [0.5, 0.6) is 0 Å². The standard InChI is InChI=1S/C56H37NO/c1-3-12-43-34-46(28-26-38(43)10-1)42-24-22-40(23-25-42)41-30-32-49(33-31-41)57(50-16-7-14-45(36-50)47-29-27-39-11-2-4-13-44(39)35-47)51-17-8-15-48(37-51)52-19-9-21-55-56(52)53-18-5-6-20-54(53)58-55/h1-37H. The Labute approximate surface area is 337 Å². The Balaban J connectivity index is 0.993. The van der Waals surface area contributed by atoms with Crippen molar-refractivity contribution in [3.8, 4) is 44.5 Å². The van der Waals surface area contributed by atoms with Gasteiger partial charge in [0, 0.05) is 27.8 Å². The summed E-state index contributed by atoms with van der Waals surface area (Å²) in [5, 5.41) is 7.24. The Morgan fingerprint density at radius 3 is 1.41 bits per heavy atom. The molecule has 0 aliphatic heterocycles. The SMILES string of the molecule is c1cc(-c2ccc3ccccc3c2)cc(N(c2ccc(-c3ccc(-c4ccc5ccccc5c4)cc3)cc2)c2cccc(-c3cccc4oc5ccccc5c34)c2)c1. The van der Waals surface area contributed by atoms with Gasteiger partial charge in [0.05, 0.1) is 0 Å². The summed E-state index contributed by atoms with van der Waals surface area (Å²) in [6.07, 6.45) is 0. The van der Waals surface area contributed by atoms with E-state index < -0.39 is 0 Å². The Bertz CT molecular complexity index is 3280. The molecule has 11 aromatic rings. The minimum absolute atomic E-state index is 0.893. The number of hydrogen-bond acceptors (Lipinski definition) is 2. The monoisotopic (exact) mass is 739 g/mol. The lowest BCUT2D eigenvalue weighted by Crippen LogP contribution is -2.10. The predicted octanol–water partition coefficient (Wildman–Crippen LogP) is 16.0. The van der Waals surface area contributed by atoms with Gasteiger partial charge in [-0.05, 0) is 127 Å². The highest BCUT2D eigenvalue weighted by atomic mass is 16.3. The number of hydrogen-bond donors (Lipinski definition) is 0. The average molecular weight is 740 g/mol. The minimum Gasteiger partial charge on any atom is -0.456 e. The second-order valence-electron chi connectivity index (χ2n) is 15.0. The topological polar surface area (TPSA) is 16.4 Å². The Hall–Kier alpha value is -7.68. The fourth-order valence-corrected chi connectivity index (χ4v) is 8.50. The van der Waals surface area contributed by atoms with Crippen LogP contribution < -0.4 is 4.90 Å². The molecule has 0 N–H and O–H groups in total. The van der Waals surface area contributed by atoms with Crippen LogP contribution in [0.2, 0.25) is 0 Å². The molecule has 0 unspecified atom stereocenters. The van der Waals surface area contributed by atoms with Gasteiger partial charge in [-0.15, -0.1) is 0 Å². The van der Waals surface area contributed by atoms with E-state index in [-0.39, 0.29) is 0 Å². The fourth-order valence-electron chi connectivity index (χ4n) is 8.50. The molecule has 0 saturated heterocycles. The van der Waals surface area contributed by atoms with E-state index in [0.29, 0.717) is 0 Å². The maximum atomic E-state index is 6.29. The van der Waals surface area contributed by atoms with Gasteiger partial charge < -0.3 is 9.32 Å². The molecule has 1 heterocycles. The van der Waals surface area contributed by atoms with Crippen LogP contribution in [-0.4, -0.2) is 0 Å². The molecule has 10 aromatic carbocycles. The number of fused-ring (bicyclic) bond motifs is 5. The highest BCUT2D eigenvalue weighted by Crippen LogP contribution is 2.42. The Morgan fingerprint density at radius 1 is 0.276 bits per heavy atom. The lowest BCUT2D eigenvalue weighted by Gasteiger charge is -2.27. The van der Waals surface area contributed by atoms with E-state index in [4.69, 9.17) is 4.42 Å². The third kappa shape index (κ3) is 6.09. The molecule has 0 aliphatic rings. The first kappa shape index (κ1) is 33.6. The van der Waals surface area contributed by atoms with Crippen molar-refractivity contribution in [1.29, 1.82) is 0 Å². The molecule has 0 saturated carbocycles. The second-order valence-corrected chi connectivity index (χ2v) is 15.0. The van der Waals surface area contributed by atoms with Crippen LogP contribution in [0.3, 0.4) is 0 Å². The van der Waals surface area contributed by atoms with Gasteiger partial charge in [0.25, 0.3) is 0 Å². The molecule has 11 rings (SSSR count). The zero-order chi connectivity index (χ0) is 38.4. The Morgan fingerprint density at radius 2 is 0.741 bits per heavy atom. The van der Waals surface area contributed by atoms with Gasteiger partial charge in [-0.1, -0.05) is 164 Å². The van der Waals surface area contributed by atoms with Gasteiger partial charge in [-0.3, -0.25) is 0 Å². The van der Waals surface area contributed by atoms with Crippen LogP contribution in [0, 0.1) is 0 Å². The van der Waals surface area contributed by atoms with Gasteiger partial charge in [-0.2, -0.15) is 0 Å². The van der Waals surface area contributed by atoms with E-state index in [1.807, 2.05) is 12.1 Å². The smallest absolute Gasteiger partial charge is 0.136 e. The van der Waals surface area contributed by atoms with Crippen LogP contribution in [0.1, 0.15) is 0 Å². The molecule has 58 heavy (non-hydrogen) atoms. The quantitative estimate of drug-likeness (QED) is 0.162. The van der Waals surface area contributed by atoms with Crippen molar-refractivity contribution in [2.75, 3.05) is 4.90 Å². The van der Waals surface area contributed by atoms with E-state index >= 15 is 0 Å². The molecule has 272 valence electrons. The summed E-state index contributed by atoms with van der Waals surface area (Å²) in [6, 6.07) is 80.8. The van der Waals surface area contributed by atoms with Crippen LogP contribution in [0.15, 0.2) is 229 Å². The van der Waals surface area contributed by atoms with Crippen LogP contribution in [-0.2, 0) is 0 Å². The summed E-state index contributed by atoms with van der Waals surface area (Å²) in [6.45, 7) is 0. The number of anilines is 3. The zero-order valence-corrected chi connectivity index (χ0v) is 31.7. The highest BCUT2D eigenvalue weighted by molar-refractivity contribution is 6.12. The third-order valence-electron chi connectivity index (χ3n) is 11.4. The normalized spacial score (nSPS) is 11.4. The van der Waals surface area contributed by atoms with Crippen molar-refractivity contribution in [2.45, 2.75) is 0 Å². The zero-order valence-electron chi connectivity index (χ0n) is 31.7. The van der Waals surface area contributed by atoms with Crippen LogP contribution in [0.25, 0.3) is 88.0 Å². The summed E-state index contributed by atoms with van der Waals surface area (Å²) in [5.74, 6) is 0. The highest BCUT2D eigenvalue weighted by Gasteiger charge is 2.17. The summed E-state index contributed by atoms with van der Waals surface area (Å²) in [7, 11) is 0. The molecule has 0 atom stereocenters. The average Bonchev–Trinajstić information content (AvgIpc) is 3.68. The van der Waals surface area contributed by atoms with Crippen molar-refractivity contribution >= 4 is 60.5 Å². The van der Waals surface area contributed by atoms with E-state index in [9.17, 15) is 0 Å². The molecule has 0 fully saturated rings. The maximum Gasteiger partial charge on any atom is 0.136 e. The second kappa shape index (κ2) is 14.1. The van der Waals surface area contributed by atoms with E-state index in [1.165, 1.54) is 54.9 Å². The third-order valence-corrected chi connectivity index (χ3v) is 11.4. The lowest BCUT2D eigenvalue weighted by atomic mass is 9.97. The Kier molecular flexibility index (Phi) is 8.19. The number of nitrogens with zero attached hydrogens (tertiary/aromatic N) is 1. The molecule has 0 aliphatic carbocycles. The van der Waals surface area contributed by atoms with E-state index in [1.54, 1.807) is 0 Å². The predicted molar refractivity (Wildman–Crippen MR) is 245 cm³/mol. The number of benzene rings is 10. The van der Waals surface area contributed by atoms with Gasteiger partial charge in [0.1, 0.15) is 11.2 Å². The summed E-state index contributed by atoms with van der Waals surface area (Å²) in [5.41, 5.74) is 14.5. The van der Waals surface area contributed by atoms with Crippen molar-refractivity contribution in [3.05, 3.63) is 224 Å². The summed E-state index contributed by atoms with van der Waals surface area (Å²) in [4.78, 5) is 2.37. The molecule has 0 spiro atoms. The van der Waals surface area contributed by atoms with Crippen molar-refractivity contribution in [1.82, 2.24) is 0 Å². The van der Waals surface area contributed by atoms with Crippen molar-refractivity contribution in [2.24, 2.45) is 0 Å². The molecular formula is C56H37NO. The molecule has 0 amide bonds. The van der Waals surface area contributed by atoms with Gasteiger partial charge in [0.15, 0.2) is 0 Å². The minimum atomic E-state index is 0.893. The van der Waals surface area contributed by atoms with Gasteiger partial charge in [-0.25, -0.2) is 0 Å². The van der Waals surface area contributed by atoms with Gasteiger partial charge >= 0.3 is 0 Å². The maximum absolute atomic E-state index is 6.29. The van der Waals surface area contributed by atoms with Crippen LogP contribution >= 0.6 is 0 Å². The van der Waals surface area contributed by atoms with Crippen molar-refractivity contribution < 1.29 is 4.42 Å². The van der Waals surface area contributed by atoms with E-state index in [0.717, 1.165) is 50.1 Å². The fraction of sp³-hybridized carbons (Fsp3) is 0. The first-order chi connectivity index (χ1) is 28.7. The summed E-state index contributed by atoms with van der Waals surface area (Å²) >= 11 is 0. The molecule has 2 nitrogen and oxygen atoms in total. The number of para-hydroxylation sites is 1. The first-order valence-corrected chi connectivity index (χ1v) is 19.8. The molecule has 0 bridgehead atoms. The van der Waals surface area contributed by atoms with Crippen LogP contribution in [0.4, 0.5) is 17.1 Å². The number of rotatable bonds is 7. The van der Waals surface area contributed by atoms with Crippen molar-refractivity contribution in [3.63, 3.8) is 0 Å². The number of furan rings is 1. The lowest BCUT2D eigenvalue weighted by molar-refractivity contribution is 0.669. The molecular weight excluding hydrogens is 703 g/mol. The molecule has 1 aromatic heterocycles. The molecule has 2 heteroatoms. The largest absolute Gasteiger partial charge is 0.456 e. The summed E-state index contributed by atoms with van der Waals surface area (Å²) < 4.78 is 6.29. The molecule has 0 radical (unpaired) electrons. The van der Waals surface area contributed by atoms with E-state index in [2.05, 4.69) is 217 Å².